The molecule has 2 unspecified atom stereocenters. The van der Waals surface area contributed by atoms with E-state index in [2.05, 4.69) is 0 Å². The van der Waals surface area contributed by atoms with Crippen molar-refractivity contribution in [1.82, 2.24) is 4.90 Å². The van der Waals surface area contributed by atoms with Crippen molar-refractivity contribution in [2.24, 2.45) is 0 Å². The van der Waals surface area contributed by atoms with Crippen molar-refractivity contribution in [3.05, 3.63) is 24.0 Å². The molecule has 4 nitrogen and oxygen atoms in total. The standard InChI is InChI=1S/C14H19FN2O2S/c1-10(14(18)17-7-3-2-4-8-17)20(19)13-6-5-11(15)9-12(13)16/h5-6,9-10H,2-4,7-8,16H2,1H3. The molecule has 0 radical (unpaired) electrons. The number of nitrogen functional groups attached to an aromatic ring is 1. The Hall–Kier alpha value is -1.43. The molecule has 1 aromatic carbocycles. The van der Waals surface area contributed by atoms with Crippen LogP contribution in [0.2, 0.25) is 0 Å². The van der Waals surface area contributed by atoms with E-state index in [1.165, 1.54) is 12.1 Å². The number of amides is 1. The van der Waals surface area contributed by atoms with Crippen LogP contribution >= 0.6 is 0 Å². The van der Waals surface area contributed by atoms with Crippen molar-refractivity contribution in [2.75, 3.05) is 18.8 Å². The summed E-state index contributed by atoms with van der Waals surface area (Å²) in [4.78, 5) is 14.4. The number of rotatable bonds is 3. The first kappa shape index (κ1) is 15.0. The van der Waals surface area contributed by atoms with Crippen LogP contribution in [0, 0.1) is 5.82 Å². The molecule has 0 saturated carbocycles. The molecule has 0 aliphatic carbocycles. The van der Waals surface area contributed by atoms with Gasteiger partial charge in [0.25, 0.3) is 0 Å². The second kappa shape index (κ2) is 6.35. The number of hydrogen-bond acceptors (Lipinski definition) is 3. The van der Waals surface area contributed by atoms with Gasteiger partial charge < -0.3 is 10.6 Å². The average molecular weight is 298 g/mol. The molecule has 2 rings (SSSR count). The van der Waals surface area contributed by atoms with E-state index in [-0.39, 0.29) is 11.6 Å². The molecular formula is C14H19FN2O2S. The highest BCUT2D eigenvalue weighted by Gasteiger charge is 2.28. The maximum atomic E-state index is 13.0. The summed E-state index contributed by atoms with van der Waals surface area (Å²) in [6, 6.07) is 3.73. The number of benzene rings is 1. The van der Waals surface area contributed by atoms with Crippen LogP contribution < -0.4 is 5.73 Å². The van der Waals surface area contributed by atoms with E-state index in [4.69, 9.17) is 5.73 Å². The molecule has 1 saturated heterocycles. The minimum atomic E-state index is -1.56. The van der Waals surface area contributed by atoms with Gasteiger partial charge in [-0.3, -0.25) is 9.00 Å². The molecule has 1 heterocycles. The van der Waals surface area contributed by atoms with Crippen LogP contribution in [-0.2, 0) is 15.6 Å². The highest BCUT2D eigenvalue weighted by Crippen LogP contribution is 2.22. The highest BCUT2D eigenvalue weighted by atomic mass is 32.2. The third-order valence-corrected chi connectivity index (χ3v) is 5.17. The van der Waals surface area contributed by atoms with Gasteiger partial charge in [-0.15, -0.1) is 0 Å². The average Bonchev–Trinajstić information content (AvgIpc) is 2.46. The van der Waals surface area contributed by atoms with Gasteiger partial charge in [0.05, 0.1) is 21.4 Å². The van der Waals surface area contributed by atoms with Crippen LogP contribution in [0.3, 0.4) is 0 Å². The van der Waals surface area contributed by atoms with E-state index in [0.717, 1.165) is 38.4 Å². The number of carbonyl (C=O) groups excluding carboxylic acids is 1. The summed E-state index contributed by atoms with van der Waals surface area (Å²) in [6.07, 6.45) is 3.11. The molecule has 1 amide bonds. The Balaban J connectivity index is 2.13. The molecule has 2 atom stereocenters. The number of nitrogens with zero attached hydrogens (tertiary/aromatic N) is 1. The number of piperidine rings is 1. The summed E-state index contributed by atoms with van der Waals surface area (Å²) in [5.41, 5.74) is 5.81. The quantitative estimate of drug-likeness (QED) is 0.867. The predicted molar refractivity (Wildman–Crippen MR) is 77.1 cm³/mol. The van der Waals surface area contributed by atoms with Crippen molar-refractivity contribution < 1.29 is 13.4 Å². The van der Waals surface area contributed by atoms with Crippen molar-refractivity contribution >= 4 is 22.4 Å². The first-order valence-electron chi connectivity index (χ1n) is 6.75. The van der Waals surface area contributed by atoms with Crippen LogP contribution in [0.1, 0.15) is 26.2 Å². The van der Waals surface area contributed by atoms with E-state index in [0.29, 0.717) is 4.90 Å². The van der Waals surface area contributed by atoms with Gasteiger partial charge in [0.15, 0.2) is 0 Å². The maximum Gasteiger partial charge on any atom is 0.238 e. The van der Waals surface area contributed by atoms with Crippen molar-refractivity contribution in [2.45, 2.75) is 36.3 Å². The first-order chi connectivity index (χ1) is 9.50. The van der Waals surface area contributed by atoms with Crippen molar-refractivity contribution in [1.29, 1.82) is 0 Å². The Morgan fingerprint density at radius 1 is 1.35 bits per heavy atom. The zero-order valence-corrected chi connectivity index (χ0v) is 12.3. The minimum Gasteiger partial charge on any atom is -0.398 e. The second-order valence-electron chi connectivity index (χ2n) is 5.01. The van der Waals surface area contributed by atoms with Gasteiger partial charge >= 0.3 is 0 Å². The van der Waals surface area contributed by atoms with Gasteiger partial charge in [-0.25, -0.2) is 4.39 Å². The number of halogens is 1. The van der Waals surface area contributed by atoms with Gasteiger partial charge in [0.2, 0.25) is 5.91 Å². The highest BCUT2D eigenvalue weighted by molar-refractivity contribution is 7.86. The summed E-state index contributed by atoms with van der Waals surface area (Å²) in [7, 11) is -1.56. The minimum absolute atomic E-state index is 0.119. The molecule has 2 N–H and O–H groups in total. The van der Waals surface area contributed by atoms with Crippen molar-refractivity contribution in [3.63, 3.8) is 0 Å². The molecule has 1 aromatic rings. The van der Waals surface area contributed by atoms with E-state index < -0.39 is 21.9 Å². The van der Waals surface area contributed by atoms with Gasteiger partial charge in [0.1, 0.15) is 11.1 Å². The molecule has 1 fully saturated rings. The lowest BCUT2D eigenvalue weighted by molar-refractivity contribution is -0.131. The molecule has 0 bridgehead atoms. The molecule has 0 aromatic heterocycles. The second-order valence-corrected chi connectivity index (χ2v) is 6.75. The first-order valence-corrected chi connectivity index (χ1v) is 7.96. The fraction of sp³-hybridized carbons (Fsp3) is 0.500. The fourth-order valence-corrected chi connectivity index (χ4v) is 3.56. The van der Waals surface area contributed by atoms with Crippen LogP contribution in [0.5, 0.6) is 0 Å². The molecule has 110 valence electrons. The predicted octanol–water partition coefficient (Wildman–Crippen LogP) is 1.92. The molecule has 1 aliphatic rings. The Morgan fingerprint density at radius 2 is 2.00 bits per heavy atom. The Morgan fingerprint density at radius 3 is 2.60 bits per heavy atom. The molecule has 6 heteroatoms. The maximum absolute atomic E-state index is 13.0. The van der Waals surface area contributed by atoms with Gasteiger partial charge in [-0.1, -0.05) is 0 Å². The molecule has 20 heavy (non-hydrogen) atoms. The van der Waals surface area contributed by atoms with E-state index in [1.54, 1.807) is 11.8 Å². The van der Waals surface area contributed by atoms with Crippen molar-refractivity contribution in [3.8, 4) is 0 Å². The topological polar surface area (TPSA) is 63.4 Å². The third kappa shape index (κ3) is 3.17. The van der Waals surface area contributed by atoms with E-state index in [9.17, 15) is 13.4 Å². The smallest absolute Gasteiger partial charge is 0.238 e. The lowest BCUT2D eigenvalue weighted by atomic mass is 10.1. The summed E-state index contributed by atoms with van der Waals surface area (Å²) < 4.78 is 25.4. The number of nitrogens with two attached hydrogens (primary N) is 1. The zero-order valence-electron chi connectivity index (χ0n) is 11.5. The van der Waals surface area contributed by atoms with Crippen LogP contribution in [0.4, 0.5) is 10.1 Å². The molecular weight excluding hydrogens is 279 g/mol. The summed E-state index contributed by atoms with van der Waals surface area (Å²) in [5.74, 6) is -0.593. The Bertz CT molecular complexity index is 530. The van der Waals surface area contributed by atoms with Crippen LogP contribution in [0.25, 0.3) is 0 Å². The Labute approximate surface area is 120 Å². The number of anilines is 1. The SMILES string of the molecule is CC(C(=O)N1CCCCC1)S(=O)c1ccc(F)cc1N. The van der Waals surface area contributed by atoms with Gasteiger partial charge in [-0.05, 0) is 44.4 Å². The third-order valence-electron chi connectivity index (χ3n) is 3.53. The zero-order chi connectivity index (χ0) is 14.7. The monoisotopic (exact) mass is 298 g/mol. The molecule has 0 spiro atoms. The van der Waals surface area contributed by atoms with Gasteiger partial charge in [0, 0.05) is 13.1 Å². The van der Waals surface area contributed by atoms with E-state index >= 15 is 0 Å². The lowest BCUT2D eigenvalue weighted by Gasteiger charge is -2.29. The largest absolute Gasteiger partial charge is 0.398 e. The number of carbonyl (C=O) groups is 1. The summed E-state index contributed by atoms with van der Waals surface area (Å²) >= 11 is 0. The normalized spacial score (nSPS) is 18.6. The fourth-order valence-electron chi connectivity index (χ4n) is 2.36. The number of likely N-dealkylation sites (tertiary alicyclic amines) is 1. The summed E-state index contributed by atoms with van der Waals surface area (Å²) in [6.45, 7) is 3.08. The Kier molecular flexibility index (Phi) is 4.75. The molecule has 1 aliphatic heterocycles. The van der Waals surface area contributed by atoms with Crippen LogP contribution in [0.15, 0.2) is 23.1 Å². The lowest BCUT2D eigenvalue weighted by Crippen LogP contribution is -2.42. The number of hydrogen-bond donors (Lipinski definition) is 1. The summed E-state index contributed by atoms with van der Waals surface area (Å²) in [5, 5.41) is -0.666. The van der Waals surface area contributed by atoms with Gasteiger partial charge in [-0.2, -0.15) is 0 Å². The van der Waals surface area contributed by atoms with E-state index in [1.807, 2.05) is 0 Å². The van der Waals surface area contributed by atoms with Crippen LogP contribution in [-0.4, -0.2) is 33.4 Å².